The lowest BCUT2D eigenvalue weighted by atomic mass is 10.2. The lowest BCUT2D eigenvalue weighted by Gasteiger charge is -2.13. The van der Waals surface area contributed by atoms with E-state index in [0.717, 1.165) is 10.0 Å². The molecular weight excluding hydrogens is 242 g/mol. The zero-order valence-corrected chi connectivity index (χ0v) is 9.41. The summed E-state index contributed by atoms with van der Waals surface area (Å²) in [5.41, 5.74) is 1.05. The Hall–Kier alpha value is -1.27. The van der Waals surface area contributed by atoms with Gasteiger partial charge in [0.2, 0.25) is 0 Å². The number of halogens is 1. The molecule has 0 aliphatic carbocycles. The van der Waals surface area contributed by atoms with E-state index in [1.54, 1.807) is 7.05 Å². The van der Waals surface area contributed by atoms with Gasteiger partial charge in [-0.15, -0.1) is 6.42 Å². The largest absolute Gasteiger partial charge is 0.331 e. The Morgan fingerprint density at radius 3 is 2.57 bits per heavy atom. The standard InChI is InChI=1S/C11H10BrNO/c1-3-11(14)13(2)8-9-4-6-10(12)7-5-9/h1,4-7H,8H2,2H3. The van der Waals surface area contributed by atoms with Crippen molar-refractivity contribution in [3.63, 3.8) is 0 Å². The Morgan fingerprint density at radius 1 is 1.50 bits per heavy atom. The molecule has 0 fully saturated rings. The molecule has 0 spiro atoms. The predicted molar refractivity (Wildman–Crippen MR) is 59.4 cm³/mol. The molecule has 2 nitrogen and oxygen atoms in total. The van der Waals surface area contributed by atoms with Gasteiger partial charge >= 0.3 is 0 Å². The fourth-order valence-electron chi connectivity index (χ4n) is 1.05. The highest BCUT2D eigenvalue weighted by atomic mass is 79.9. The van der Waals surface area contributed by atoms with E-state index < -0.39 is 0 Å². The van der Waals surface area contributed by atoms with Crippen LogP contribution in [0.3, 0.4) is 0 Å². The first-order valence-corrected chi connectivity index (χ1v) is 4.89. The molecular formula is C11H10BrNO. The summed E-state index contributed by atoms with van der Waals surface area (Å²) in [4.78, 5) is 12.6. The number of benzene rings is 1. The first-order chi connectivity index (χ1) is 6.63. The lowest BCUT2D eigenvalue weighted by Crippen LogP contribution is -2.24. The third-order valence-corrected chi connectivity index (χ3v) is 2.33. The molecule has 1 amide bonds. The van der Waals surface area contributed by atoms with Crippen molar-refractivity contribution in [1.82, 2.24) is 4.90 Å². The number of terminal acetylenes is 1. The van der Waals surface area contributed by atoms with Gasteiger partial charge in [0, 0.05) is 18.1 Å². The minimum atomic E-state index is -0.298. The number of carbonyl (C=O) groups excluding carboxylic acids is 1. The minimum Gasteiger partial charge on any atom is -0.331 e. The second-order valence-electron chi connectivity index (χ2n) is 2.93. The first-order valence-electron chi connectivity index (χ1n) is 4.09. The van der Waals surface area contributed by atoms with Gasteiger partial charge in [-0.2, -0.15) is 0 Å². The molecule has 0 radical (unpaired) electrons. The maximum Gasteiger partial charge on any atom is 0.298 e. The fraction of sp³-hybridized carbons (Fsp3) is 0.182. The van der Waals surface area contributed by atoms with Gasteiger partial charge < -0.3 is 4.90 Å². The average Bonchev–Trinajstić information content (AvgIpc) is 2.20. The topological polar surface area (TPSA) is 20.3 Å². The summed E-state index contributed by atoms with van der Waals surface area (Å²) in [6.45, 7) is 0.538. The second-order valence-corrected chi connectivity index (χ2v) is 3.85. The Morgan fingerprint density at radius 2 is 2.07 bits per heavy atom. The smallest absolute Gasteiger partial charge is 0.298 e. The highest BCUT2D eigenvalue weighted by Gasteiger charge is 2.04. The number of amides is 1. The van der Waals surface area contributed by atoms with Crippen LogP contribution in [0, 0.1) is 12.3 Å². The van der Waals surface area contributed by atoms with E-state index in [4.69, 9.17) is 6.42 Å². The summed E-state index contributed by atoms with van der Waals surface area (Å²) in [5, 5.41) is 0. The average molecular weight is 252 g/mol. The molecule has 0 aromatic heterocycles. The molecule has 1 aromatic rings. The van der Waals surface area contributed by atoms with E-state index in [9.17, 15) is 4.79 Å². The van der Waals surface area contributed by atoms with E-state index in [0.29, 0.717) is 6.54 Å². The molecule has 1 rings (SSSR count). The van der Waals surface area contributed by atoms with Crippen molar-refractivity contribution in [1.29, 1.82) is 0 Å². The molecule has 1 aromatic carbocycles. The normalized spacial score (nSPS) is 9.21. The highest BCUT2D eigenvalue weighted by Crippen LogP contribution is 2.11. The molecule has 0 saturated heterocycles. The molecule has 0 heterocycles. The van der Waals surface area contributed by atoms with Crippen molar-refractivity contribution in [2.45, 2.75) is 6.54 Å². The van der Waals surface area contributed by atoms with Crippen LogP contribution in [0.1, 0.15) is 5.56 Å². The third-order valence-electron chi connectivity index (χ3n) is 1.80. The monoisotopic (exact) mass is 251 g/mol. The van der Waals surface area contributed by atoms with Crippen molar-refractivity contribution in [2.75, 3.05) is 7.05 Å². The van der Waals surface area contributed by atoms with E-state index in [2.05, 4.69) is 21.9 Å². The van der Waals surface area contributed by atoms with Gasteiger partial charge in [-0.1, -0.05) is 28.1 Å². The van der Waals surface area contributed by atoms with Crippen LogP contribution >= 0.6 is 15.9 Å². The van der Waals surface area contributed by atoms with Crippen molar-refractivity contribution < 1.29 is 4.79 Å². The van der Waals surface area contributed by atoms with E-state index in [-0.39, 0.29) is 5.91 Å². The minimum absolute atomic E-state index is 0.298. The lowest BCUT2D eigenvalue weighted by molar-refractivity contribution is -0.124. The summed E-state index contributed by atoms with van der Waals surface area (Å²) in [6.07, 6.45) is 5.00. The van der Waals surface area contributed by atoms with Gasteiger partial charge in [-0.05, 0) is 23.6 Å². The summed E-state index contributed by atoms with van der Waals surface area (Å²) < 4.78 is 1.02. The SMILES string of the molecule is C#CC(=O)N(C)Cc1ccc(Br)cc1. The summed E-state index contributed by atoms with van der Waals surface area (Å²) in [5.74, 6) is 1.78. The van der Waals surface area contributed by atoms with Crippen LogP contribution in [0.15, 0.2) is 28.7 Å². The molecule has 72 valence electrons. The van der Waals surface area contributed by atoms with Gasteiger partial charge in [-0.3, -0.25) is 4.79 Å². The van der Waals surface area contributed by atoms with Crippen LogP contribution in [0.4, 0.5) is 0 Å². The highest BCUT2D eigenvalue weighted by molar-refractivity contribution is 9.10. The van der Waals surface area contributed by atoms with Crippen LogP contribution in [-0.2, 0) is 11.3 Å². The van der Waals surface area contributed by atoms with E-state index >= 15 is 0 Å². The fourth-order valence-corrected chi connectivity index (χ4v) is 1.31. The van der Waals surface area contributed by atoms with Gasteiger partial charge in [0.15, 0.2) is 0 Å². The Kier molecular flexibility index (Phi) is 3.73. The second kappa shape index (κ2) is 4.83. The zero-order chi connectivity index (χ0) is 10.6. The summed E-state index contributed by atoms with van der Waals surface area (Å²) in [6, 6.07) is 7.77. The number of hydrogen-bond acceptors (Lipinski definition) is 1. The molecule has 0 atom stereocenters. The number of nitrogens with zero attached hydrogens (tertiary/aromatic N) is 1. The molecule has 0 aliphatic rings. The van der Waals surface area contributed by atoms with Crippen LogP contribution in [0.2, 0.25) is 0 Å². The molecule has 0 N–H and O–H groups in total. The number of rotatable bonds is 2. The molecule has 14 heavy (non-hydrogen) atoms. The van der Waals surface area contributed by atoms with E-state index in [1.807, 2.05) is 24.3 Å². The predicted octanol–water partition coefficient (Wildman–Crippen LogP) is 2.04. The quantitative estimate of drug-likeness (QED) is 0.737. The maximum atomic E-state index is 11.1. The van der Waals surface area contributed by atoms with Crippen LogP contribution < -0.4 is 0 Å². The Balaban J connectivity index is 2.66. The number of carbonyl (C=O) groups is 1. The molecule has 0 bridgehead atoms. The van der Waals surface area contributed by atoms with Crippen molar-refractivity contribution >= 4 is 21.8 Å². The first kappa shape index (κ1) is 10.8. The van der Waals surface area contributed by atoms with Crippen molar-refractivity contribution in [3.05, 3.63) is 34.3 Å². The molecule has 0 saturated carbocycles. The van der Waals surface area contributed by atoms with Gasteiger partial charge in [-0.25, -0.2) is 0 Å². The zero-order valence-electron chi connectivity index (χ0n) is 7.83. The van der Waals surface area contributed by atoms with Crippen LogP contribution in [0.25, 0.3) is 0 Å². The maximum absolute atomic E-state index is 11.1. The Labute approximate surface area is 92.0 Å². The van der Waals surface area contributed by atoms with Crippen LogP contribution in [0.5, 0.6) is 0 Å². The van der Waals surface area contributed by atoms with Crippen molar-refractivity contribution in [3.8, 4) is 12.3 Å². The molecule has 3 heteroatoms. The van der Waals surface area contributed by atoms with E-state index in [1.165, 1.54) is 4.90 Å². The van der Waals surface area contributed by atoms with Crippen molar-refractivity contribution in [2.24, 2.45) is 0 Å². The summed E-state index contributed by atoms with van der Waals surface area (Å²) >= 11 is 3.34. The Bertz CT molecular complexity index is 364. The molecule has 0 aliphatic heterocycles. The van der Waals surface area contributed by atoms with Crippen LogP contribution in [-0.4, -0.2) is 17.9 Å². The molecule has 0 unspecified atom stereocenters. The van der Waals surface area contributed by atoms with Gasteiger partial charge in [0.05, 0.1) is 0 Å². The van der Waals surface area contributed by atoms with Gasteiger partial charge in [0.25, 0.3) is 5.91 Å². The third kappa shape index (κ3) is 2.90. The van der Waals surface area contributed by atoms with Gasteiger partial charge in [0.1, 0.15) is 0 Å². The number of hydrogen-bond donors (Lipinski definition) is 0. The summed E-state index contributed by atoms with van der Waals surface area (Å²) in [7, 11) is 1.68.